The average molecular weight is 1280 g/mol. The summed E-state index contributed by atoms with van der Waals surface area (Å²) >= 11 is 0. The van der Waals surface area contributed by atoms with E-state index in [0.29, 0.717) is 17.4 Å². The first kappa shape index (κ1) is 87.7. The first-order valence-electron chi connectivity index (χ1n) is 39.9. The number of nitrogens with zero attached hydrogens (tertiary/aromatic N) is 1. The number of carbonyl (C=O) groups is 1. The van der Waals surface area contributed by atoms with E-state index in [1.165, 1.54) is 360 Å². The fourth-order valence-corrected chi connectivity index (χ4v) is 13.2. The molecule has 3 unspecified atom stereocenters. The zero-order valence-electron chi connectivity index (χ0n) is 60.7. The minimum absolute atomic E-state index is 0.0586. The molecule has 8 nitrogen and oxygen atoms in total. The molecule has 0 saturated carbocycles. The summed E-state index contributed by atoms with van der Waals surface area (Å²) in [6.45, 7) is 4.86. The third-order valence-electron chi connectivity index (χ3n) is 18.6. The molecule has 0 aliphatic carbocycles. The van der Waals surface area contributed by atoms with E-state index in [0.717, 1.165) is 38.5 Å². The highest BCUT2D eigenvalue weighted by Gasteiger charge is 2.28. The van der Waals surface area contributed by atoms with Crippen molar-refractivity contribution in [2.75, 3.05) is 40.9 Å². The number of phosphoric ester groups is 1. The third-order valence-corrected chi connectivity index (χ3v) is 19.6. The lowest BCUT2D eigenvalue weighted by molar-refractivity contribution is -0.870. The highest BCUT2D eigenvalue weighted by atomic mass is 31.2. The second-order valence-corrected chi connectivity index (χ2v) is 30.2. The first-order valence-corrected chi connectivity index (χ1v) is 41.4. The number of allylic oxidation sites excluding steroid dienone is 5. The lowest BCUT2D eigenvalue weighted by Gasteiger charge is -2.25. The normalized spacial score (nSPS) is 13.7. The van der Waals surface area contributed by atoms with Gasteiger partial charge in [-0.15, -0.1) is 0 Å². The molecule has 89 heavy (non-hydrogen) atoms. The highest BCUT2D eigenvalue weighted by Crippen LogP contribution is 2.43. The van der Waals surface area contributed by atoms with Crippen molar-refractivity contribution in [3.8, 4) is 0 Å². The highest BCUT2D eigenvalue weighted by molar-refractivity contribution is 7.47. The maximum Gasteiger partial charge on any atom is 0.472 e. The van der Waals surface area contributed by atoms with Crippen LogP contribution in [0.25, 0.3) is 0 Å². The van der Waals surface area contributed by atoms with Crippen LogP contribution in [0.2, 0.25) is 0 Å². The van der Waals surface area contributed by atoms with Crippen LogP contribution in [0.4, 0.5) is 0 Å². The van der Waals surface area contributed by atoms with E-state index in [4.69, 9.17) is 9.05 Å². The van der Waals surface area contributed by atoms with Gasteiger partial charge in [-0.1, -0.05) is 391 Å². The predicted octanol–water partition coefficient (Wildman–Crippen LogP) is 26.0. The van der Waals surface area contributed by atoms with Crippen molar-refractivity contribution in [2.24, 2.45) is 0 Å². The molecule has 0 fully saturated rings. The van der Waals surface area contributed by atoms with Gasteiger partial charge in [-0.05, 0) is 57.8 Å². The second-order valence-electron chi connectivity index (χ2n) is 28.8. The molecule has 0 spiro atoms. The monoisotopic (exact) mass is 1270 g/mol. The lowest BCUT2D eigenvalue weighted by Crippen LogP contribution is -2.45. The Labute approximate surface area is 557 Å². The van der Waals surface area contributed by atoms with Gasteiger partial charge in [0.15, 0.2) is 0 Å². The maximum absolute atomic E-state index is 13.1. The van der Waals surface area contributed by atoms with Crippen LogP contribution in [-0.4, -0.2) is 73.4 Å². The van der Waals surface area contributed by atoms with Crippen molar-refractivity contribution in [3.63, 3.8) is 0 Å². The van der Waals surface area contributed by atoms with Crippen LogP contribution >= 0.6 is 7.82 Å². The topological polar surface area (TPSA) is 105 Å². The summed E-state index contributed by atoms with van der Waals surface area (Å²) in [5.74, 6) is -0.177. The van der Waals surface area contributed by atoms with Gasteiger partial charge in [0.05, 0.1) is 39.9 Å². The number of rotatable bonds is 75. The Morgan fingerprint density at radius 3 is 0.899 bits per heavy atom. The van der Waals surface area contributed by atoms with Gasteiger partial charge in [0.2, 0.25) is 5.91 Å². The zero-order chi connectivity index (χ0) is 64.8. The maximum atomic E-state index is 13.1. The zero-order valence-corrected chi connectivity index (χ0v) is 61.6. The van der Waals surface area contributed by atoms with Crippen LogP contribution in [0.1, 0.15) is 418 Å². The summed E-state index contributed by atoms with van der Waals surface area (Å²) in [4.78, 5) is 23.5. The number of carbonyl (C=O) groups excluding carboxylic acids is 1. The lowest BCUT2D eigenvalue weighted by atomic mass is 10.0. The molecule has 0 heterocycles. The van der Waals surface area contributed by atoms with Crippen LogP contribution in [-0.2, 0) is 18.4 Å². The molecular weight excluding hydrogens is 1120 g/mol. The van der Waals surface area contributed by atoms with Gasteiger partial charge >= 0.3 is 7.82 Å². The average Bonchev–Trinajstić information content (AvgIpc) is 3.61. The van der Waals surface area contributed by atoms with E-state index in [2.05, 4.69) is 43.5 Å². The van der Waals surface area contributed by atoms with Gasteiger partial charge in [-0.3, -0.25) is 13.8 Å². The van der Waals surface area contributed by atoms with Crippen LogP contribution in [0.5, 0.6) is 0 Å². The molecule has 0 aromatic carbocycles. The molecule has 0 bridgehead atoms. The van der Waals surface area contributed by atoms with Crippen LogP contribution < -0.4 is 5.32 Å². The van der Waals surface area contributed by atoms with Crippen molar-refractivity contribution in [1.29, 1.82) is 0 Å². The Morgan fingerprint density at radius 2 is 0.618 bits per heavy atom. The minimum atomic E-state index is -4.36. The van der Waals surface area contributed by atoms with Gasteiger partial charge in [0, 0.05) is 6.42 Å². The molecule has 528 valence electrons. The van der Waals surface area contributed by atoms with E-state index in [1.54, 1.807) is 6.08 Å². The van der Waals surface area contributed by atoms with E-state index >= 15 is 0 Å². The molecule has 0 radical (unpaired) electrons. The summed E-state index contributed by atoms with van der Waals surface area (Å²) in [7, 11) is 1.58. The Bertz CT molecular complexity index is 1550. The molecular formula is C80H158N2O6P+. The van der Waals surface area contributed by atoms with Crippen LogP contribution in [0, 0.1) is 0 Å². The molecule has 0 aliphatic rings. The quantitative estimate of drug-likeness (QED) is 0.0243. The number of hydrogen-bond acceptors (Lipinski definition) is 5. The molecule has 0 aliphatic heterocycles. The summed E-state index contributed by atoms with van der Waals surface area (Å²) in [5, 5.41) is 14.0. The molecule has 3 atom stereocenters. The standard InChI is InChI=1S/C80H157N2O6P/c1-6-8-10-12-14-16-18-20-22-24-26-28-30-32-34-35-36-37-38-39-40-41-42-43-44-45-46-47-48-50-52-54-56-58-60-62-64-66-68-70-72-74-80(84)81-78(77-88-89(85,86)87-76-75-82(3,4)5)79(83)73-71-69-67-65-63-61-59-57-55-53-51-49-33-31-29-27-25-23-21-19-17-15-13-11-9-7-2/h24,26,63,65,71,73,78-79,83H,6-23,25,27-62,64,66-70,72,74-77H2,1-5H3,(H-,81,84,85,86)/p+1/b26-24-,65-63+,73-71+. The molecule has 0 rings (SSSR count). The molecule has 9 heteroatoms. The number of likely N-dealkylation sites (N-methyl/N-ethyl adjacent to an activating group) is 1. The van der Waals surface area contributed by atoms with Crippen molar-refractivity contribution in [1.82, 2.24) is 5.32 Å². The van der Waals surface area contributed by atoms with E-state index in [1.807, 2.05) is 27.2 Å². The molecule has 0 aromatic heterocycles. The van der Waals surface area contributed by atoms with Gasteiger partial charge < -0.3 is 19.8 Å². The summed E-state index contributed by atoms with van der Waals surface area (Å²) in [6.07, 6.45) is 96.4. The molecule has 3 N–H and O–H groups in total. The fraction of sp³-hybridized carbons (Fsp3) is 0.912. The summed E-state index contributed by atoms with van der Waals surface area (Å²) in [5.41, 5.74) is 0. The molecule has 0 saturated heterocycles. The van der Waals surface area contributed by atoms with Crippen molar-refractivity contribution >= 4 is 13.7 Å². The predicted molar refractivity (Wildman–Crippen MR) is 392 cm³/mol. The Balaban J connectivity index is 3.92. The SMILES string of the molecule is CCCCCCCCCC/C=C\CCCCCCCCCCCCCCCCCCCCCCCCCCCCCCCC(=O)NC(COP(=O)(O)OCC[N+](C)(C)C)C(O)/C=C/CC/C=C/CCCCCCCCCCCCCCCCCCCCCC. The minimum Gasteiger partial charge on any atom is -0.387 e. The first-order chi connectivity index (χ1) is 43.5. The molecule has 1 amide bonds. The number of phosphoric acid groups is 1. The van der Waals surface area contributed by atoms with Crippen molar-refractivity contribution in [3.05, 3.63) is 36.5 Å². The van der Waals surface area contributed by atoms with Crippen molar-refractivity contribution < 1.29 is 32.9 Å². The number of aliphatic hydroxyl groups is 1. The second kappa shape index (κ2) is 71.0. The van der Waals surface area contributed by atoms with Gasteiger partial charge in [0.1, 0.15) is 13.2 Å². The number of hydrogen-bond donors (Lipinski definition) is 3. The fourth-order valence-electron chi connectivity index (χ4n) is 12.4. The summed E-state index contributed by atoms with van der Waals surface area (Å²) in [6, 6.07) is -0.863. The Morgan fingerprint density at radius 1 is 0.371 bits per heavy atom. The molecule has 0 aromatic rings. The number of amides is 1. The van der Waals surface area contributed by atoms with Gasteiger partial charge in [-0.25, -0.2) is 4.57 Å². The van der Waals surface area contributed by atoms with E-state index < -0.39 is 20.0 Å². The van der Waals surface area contributed by atoms with Crippen LogP contribution in [0.15, 0.2) is 36.5 Å². The van der Waals surface area contributed by atoms with Gasteiger partial charge in [-0.2, -0.15) is 0 Å². The number of nitrogens with one attached hydrogen (secondary N) is 1. The largest absolute Gasteiger partial charge is 0.472 e. The number of quaternary nitrogens is 1. The van der Waals surface area contributed by atoms with E-state index in [9.17, 15) is 19.4 Å². The summed E-state index contributed by atoms with van der Waals surface area (Å²) < 4.78 is 23.8. The smallest absolute Gasteiger partial charge is 0.387 e. The number of unbranched alkanes of at least 4 members (excludes halogenated alkanes) is 58. The number of aliphatic hydroxyl groups excluding tert-OH is 1. The van der Waals surface area contributed by atoms with E-state index in [-0.39, 0.29) is 19.1 Å². The Kier molecular flexibility index (Phi) is 70.0. The van der Waals surface area contributed by atoms with Gasteiger partial charge in [0.25, 0.3) is 0 Å². The van der Waals surface area contributed by atoms with Crippen molar-refractivity contribution in [2.45, 2.75) is 431 Å². The Hall–Kier alpha value is -1.28. The third kappa shape index (κ3) is 74.0. The van der Waals surface area contributed by atoms with Crippen LogP contribution in [0.3, 0.4) is 0 Å².